The molecule has 0 fully saturated rings. The molecule has 0 heterocycles. The van der Waals surface area contributed by atoms with Crippen molar-refractivity contribution in [1.29, 1.82) is 0 Å². The molecule has 0 saturated heterocycles. The lowest BCUT2D eigenvalue weighted by molar-refractivity contribution is 0.232. The monoisotopic (exact) mass is 512 g/mol. The van der Waals surface area contributed by atoms with Gasteiger partial charge in [0.05, 0.1) is 17.7 Å². The van der Waals surface area contributed by atoms with Crippen LogP contribution in [0.5, 0.6) is 11.5 Å². The molecule has 0 amide bonds. The van der Waals surface area contributed by atoms with Gasteiger partial charge in [-0.2, -0.15) is 0 Å². The maximum atomic E-state index is 6.25. The van der Waals surface area contributed by atoms with Crippen molar-refractivity contribution < 1.29 is 9.47 Å². The molecule has 2 nitrogen and oxygen atoms in total. The van der Waals surface area contributed by atoms with Crippen LogP contribution in [0.3, 0.4) is 0 Å². The molecule has 0 aliphatic rings. The number of rotatable bonds is 14. The largest absolute Gasteiger partial charge is 0.493 e. The van der Waals surface area contributed by atoms with Crippen LogP contribution in [0, 0.1) is 11.8 Å². The molecule has 0 bridgehead atoms. The molecule has 0 aromatic heterocycles. The van der Waals surface area contributed by atoms with E-state index in [0.29, 0.717) is 11.8 Å². The molecular formula is C30H41BrO2. The van der Waals surface area contributed by atoms with Gasteiger partial charge in [-0.3, -0.25) is 0 Å². The first kappa shape index (κ1) is 25.9. The molecule has 3 aromatic rings. The fourth-order valence-electron chi connectivity index (χ4n) is 4.41. The normalized spacial score (nSPS) is 13.4. The quantitative estimate of drug-likeness (QED) is 0.200. The first-order valence-electron chi connectivity index (χ1n) is 13.0. The Morgan fingerprint density at radius 2 is 1.33 bits per heavy atom. The zero-order chi connectivity index (χ0) is 23.6. The molecule has 3 rings (SSSR count). The van der Waals surface area contributed by atoms with Crippen molar-refractivity contribution in [2.24, 2.45) is 11.8 Å². The van der Waals surface area contributed by atoms with Gasteiger partial charge >= 0.3 is 0 Å². The predicted octanol–water partition coefficient (Wildman–Crippen LogP) is 9.95. The Morgan fingerprint density at radius 1 is 0.697 bits per heavy atom. The highest BCUT2D eigenvalue weighted by Crippen LogP contribution is 2.36. The first-order chi connectivity index (χ1) is 16.1. The Kier molecular flexibility index (Phi) is 10.4. The van der Waals surface area contributed by atoms with E-state index >= 15 is 0 Å². The van der Waals surface area contributed by atoms with E-state index in [1.807, 2.05) is 0 Å². The molecule has 33 heavy (non-hydrogen) atoms. The minimum Gasteiger partial charge on any atom is -0.493 e. The summed E-state index contributed by atoms with van der Waals surface area (Å²) in [4.78, 5) is 0. The van der Waals surface area contributed by atoms with Crippen LogP contribution in [0.4, 0.5) is 0 Å². The number of halogens is 1. The molecule has 0 N–H and O–H groups in total. The zero-order valence-electron chi connectivity index (χ0n) is 21.0. The van der Waals surface area contributed by atoms with E-state index < -0.39 is 0 Å². The van der Waals surface area contributed by atoms with Crippen LogP contribution in [0.15, 0.2) is 46.9 Å². The van der Waals surface area contributed by atoms with Crippen molar-refractivity contribution in [3.8, 4) is 11.5 Å². The van der Waals surface area contributed by atoms with Gasteiger partial charge in [0.2, 0.25) is 0 Å². The van der Waals surface area contributed by atoms with E-state index in [4.69, 9.17) is 9.47 Å². The zero-order valence-corrected chi connectivity index (χ0v) is 22.5. The average Bonchev–Trinajstić information content (AvgIpc) is 2.84. The number of unbranched alkanes of at least 4 members (excludes halogenated alkanes) is 2. The Morgan fingerprint density at radius 3 is 1.97 bits per heavy atom. The summed E-state index contributed by atoms with van der Waals surface area (Å²) in [5, 5.41) is 4.85. The van der Waals surface area contributed by atoms with Crippen molar-refractivity contribution in [2.75, 3.05) is 13.2 Å². The minimum atomic E-state index is 0.622. The van der Waals surface area contributed by atoms with Gasteiger partial charge in [-0.25, -0.2) is 0 Å². The second kappa shape index (κ2) is 13.2. The van der Waals surface area contributed by atoms with Crippen LogP contribution in [0.25, 0.3) is 21.5 Å². The SMILES string of the molecule is CCCCC(CC)COc1ccc2cc3c(Br)c(OCC(CC)CCCC)ccc3cc2c1. The van der Waals surface area contributed by atoms with Crippen LogP contribution < -0.4 is 9.47 Å². The van der Waals surface area contributed by atoms with Crippen molar-refractivity contribution in [3.63, 3.8) is 0 Å². The molecule has 2 atom stereocenters. The lowest BCUT2D eigenvalue weighted by Gasteiger charge is -2.17. The summed E-state index contributed by atoms with van der Waals surface area (Å²) >= 11 is 3.83. The third-order valence-electron chi connectivity index (χ3n) is 6.89. The van der Waals surface area contributed by atoms with Crippen molar-refractivity contribution in [1.82, 2.24) is 0 Å². The van der Waals surface area contributed by atoms with Gasteiger partial charge in [-0.05, 0) is 87.1 Å². The Hall–Kier alpha value is -1.74. The molecular weight excluding hydrogens is 472 g/mol. The lowest BCUT2D eigenvalue weighted by Crippen LogP contribution is -2.11. The molecule has 180 valence electrons. The Bertz CT molecular complexity index is 1010. The third-order valence-corrected chi connectivity index (χ3v) is 7.71. The van der Waals surface area contributed by atoms with Crippen molar-refractivity contribution >= 4 is 37.5 Å². The van der Waals surface area contributed by atoms with Crippen LogP contribution >= 0.6 is 15.9 Å². The van der Waals surface area contributed by atoms with Gasteiger partial charge in [-0.1, -0.05) is 78.4 Å². The molecule has 3 heteroatoms. The number of ether oxygens (including phenoxy) is 2. The van der Waals surface area contributed by atoms with Crippen LogP contribution in [-0.2, 0) is 0 Å². The number of hydrogen-bond acceptors (Lipinski definition) is 2. The smallest absolute Gasteiger partial charge is 0.134 e. The summed E-state index contributed by atoms with van der Waals surface area (Å²) in [7, 11) is 0. The minimum absolute atomic E-state index is 0.622. The first-order valence-corrected chi connectivity index (χ1v) is 13.8. The third kappa shape index (κ3) is 7.12. The summed E-state index contributed by atoms with van der Waals surface area (Å²) in [5.41, 5.74) is 0. The highest BCUT2D eigenvalue weighted by atomic mass is 79.9. The van der Waals surface area contributed by atoms with Crippen molar-refractivity contribution in [3.05, 3.63) is 46.9 Å². The topological polar surface area (TPSA) is 18.5 Å². The fraction of sp³-hybridized carbons (Fsp3) is 0.533. The lowest BCUT2D eigenvalue weighted by atomic mass is 10.0. The summed E-state index contributed by atoms with van der Waals surface area (Å²) < 4.78 is 13.5. The highest BCUT2D eigenvalue weighted by molar-refractivity contribution is 9.10. The van der Waals surface area contributed by atoms with Gasteiger partial charge in [0.1, 0.15) is 11.5 Å². The van der Waals surface area contributed by atoms with E-state index in [0.717, 1.165) is 35.6 Å². The molecule has 0 spiro atoms. The van der Waals surface area contributed by atoms with Crippen LogP contribution in [0.1, 0.15) is 79.1 Å². The second-order valence-corrected chi connectivity index (χ2v) is 10.2. The van der Waals surface area contributed by atoms with Gasteiger partial charge in [0, 0.05) is 5.39 Å². The fourth-order valence-corrected chi connectivity index (χ4v) is 5.00. The van der Waals surface area contributed by atoms with E-state index in [1.165, 1.54) is 66.5 Å². The summed E-state index contributed by atoms with van der Waals surface area (Å²) in [6.45, 7) is 10.6. The van der Waals surface area contributed by atoms with Crippen molar-refractivity contribution in [2.45, 2.75) is 79.1 Å². The number of benzene rings is 3. The standard InChI is InChI=1S/C30H41BrO2/c1-5-9-11-22(7-3)20-32-27-15-13-24-19-28-25(17-26(24)18-27)14-16-29(30(28)31)33-21-23(8-4)12-10-6-2/h13-19,22-23H,5-12,20-21H2,1-4H3. The van der Waals surface area contributed by atoms with Gasteiger partial charge in [0.25, 0.3) is 0 Å². The van der Waals surface area contributed by atoms with Gasteiger partial charge in [0.15, 0.2) is 0 Å². The summed E-state index contributed by atoms with van der Waals surface area (Å²) in [6.07, 6.45) is 9.88. The summed E-state index contributed by atoms with van der Waals surface area (Å²) in [6, 6.07) is 15.3. The van der Waals surface area contributed by atoms with E-state index in [-0.39, 0.29) is 0 Å². The molecule has 0 aliphatic heterocycles. The number of fused-ring (bicyclic) bond motifs is 2. The molecule has 2 unspecified atom stereocenters. The number of hydrogen-bond donors (Lipinski definition) is 0. The maximum Gasteiger partial charge on any atom is 0.134 e. The Balaban J connectivity index is 1.75. The molecule has 0 aliphatic carbocycles. The molecule has 0 saturated carbocycles. The van der Waals surface area contributed by atoms with Gasteiger partial charge in [-0.15, -0.1) is 0 Å². The highest BCUT2D eigenvalue weighted by Gasteiger charge is 2.12. The summed E-state index contributed by atoms with van der Waals surface area (Å²) in [5.74, 6) is 3.17. The second-order valence-electron chi connectivity index (χ2n) is 9.41. The van der Waals surface area contributed by atoms with Gasteiger partial charge < -0.3 is 9.47 Å². The molecule has 0 radical (unpaired) electrons. The molecule has 3 aromatic carbocycles. The average molecular weight is 514 g/mol. The Labute approximate surface area is 209 Å². The van der Waals surface area contributed by atoms with Crippen LogP contribution in [-0.4, -0.2) is 13.2 Å². The van der Waals surface area contributed by atoms with E-state index in [2.05, 4.69) is 86.1 Å². The van der Waals surface area contributed by atoms with E-state index in [9.17, 15) is 0 Å². The maximum absolute atomic E-state index is 6.25. The van der Waals surface area contributed by atoms with Crippen LogP contribution in [0.2, 0.25) is 0 Å². The van der Waals surface area contributed by atoms with E-state index in [1.54, 1.807) is 0 Å². The predicted molar refractivity (Wildman–Crippen MR) is 147 cm³/mol.